The number of nitrogens with one attached hydrogen (secondary N) is 2. The molecule has 13 nitrogen and oxygen atoms in total. The Morgan fingerprint density at radius 3 is 2.00 bits per heavy atom. The number of unbranched alkanes of at least 4 members (excludes halogenated alkanes) is 1. The van der Waals surface area contributed by atoms with Crippen LogP contribution in [-0.4, -0.2) is 71.1 Å². The second-order valence-corrected chi connectivity index (χ2v) is 6.40. The van der Waals surface area contributed by atoms with Gasteiger partial charge in [-0.05, 0) is 38.6 Å². The van der Waals surface area contributed by atoms with E-state index in [0.717, 1.165) is 0 Å². The summed E-state index contributed by atoms with van der Waals surface area (Å²) >= 11 is 0. The van der Waals surface area contributed by atoms with E-state index in [2.05, 4.69) is 15.6 Å². The second-order valence-electron chi connectivity index (χ2n) is 6.40. The number of guanidine groups is 1. The summed E-state index contributed by atoms with van der Waals surface area (Å²) in [6.07, 6.45) is 1.04. The van der Waals surface area contributed by atoms with Crippen molar-refractivity contribution in [2.45, 2.75) is 56.7 Å². The molecule has 166 valence electrons. The summed E-state index contributed by atoms with van der Waals surface area (Å²) in [6, 6.07) is -3.63. The number of nitrogens with zero attached hydrogens (tertiary/aromatic N) is 1. The molecule has 12 N–H and O–H groups in total. The van der Waals surface area contributed by atoms with Crippen LogP contribution in [0.1, 0.15) is 38.5 Å². The number of hydrogen-bond acceptors (Lipinski definition) is 7. The monoisotopic (exact) mass is 417 g/mol. The van der Waals surface area contributed by atoms with Gasteiger partial charge in [0.25, 0.3) is 0 Å². The van der Waals surface area contributed by atoms with E-state index in [0.29, 0.717) is 25.8 Å². The first kappa shape index (κ1) is 26.1. The molecule has 3 unspecified atom stereocenters. The van der Waals surface area contributed by atoms with Gasteiger partial charge in [0.15, 0.2) is 5.96 Å². The zero-order valence-corrected chi connectivity index (χ0v) is 16.2. The van der Waals surface area contributed by atoms with Crippen molar-refractivity contribution >= 4 is 29.7 Å². The van der Waals surface area contributed by atoms with Crippen LogP contribution in [-0.2, 0) is 19.2 Å². The maximum Gasteiger partial charge on any atom is 0.326 e. The average Bonchev–Trinajstić information content (AvgIpc) is 2.62. The van der Waals surface area contributed by atoms with Crippen molar-refractivity contribution in [1.29, 1.82) is 0 Å². The molecule has 0 aliphatic heterocycles. The molecule has 13 heteroatoms. The Balaban J connectivity index is 5.00. The second kappa shape index (κ2) is 14.1. The van der Waals surface area contributed by atoms with Gasteiger partial charge in [0, 0.05) is 6.54 Å². The van der Waals surface area contributed by atoms with Crippen LogP contribution in [0, 0.1) is 0 Å². The van der Waals surface area contributed by atoms with Crippen LogP contribution in [0.2, 0.25) is 0 Å². The first-order chi connectivity index (χ1) is 13.6. The Labute approximate surface area is 168 Å². The largest absolute Gasteiger partial charge is 0.481 e. The molecule has 0 rings (SSSR count). The van der Waals surface area contributed by atoms with Crippen molar-refractivity contribution in [2.24, 2.45) is 27.9 Å². The summed E-state index contributed by atoms with van der Waals surface area (Å²) in [6.45, 7) is 0.575. The van der Waals surface area contributed by atoms with Gasteiger partial charge in [-0.25, -0.2) is 4.79 Å². The highest BCUT2D eigenvalue weighted by atomic mass is 16.4. The van der Waals surface area contributed by atoms with Gasteiger partial charge in [0.1, 0.15) is 12.1 Å². The van der Waals surface area contributed by atoms with Crippen LogP contribution in [0.25, 0.3) is 0 Å². The first-order valence-corrected chi connectivity index (χ1v) is 9.14. The fourth-order valence-corrected chi connectivity index (χ4v) is 2.35. The van der Waals surface area contributed by atoms with Crippen LogP contribution in [0.3, 0.4) is 0 Å². The molecule has 0 aliphatic carbocycles. The molecule has 0 aliphatic rings. The van der Waals surface area contributed by atoms with Crippen molar-refractivity contribution in [3.8, 4) is 0 Å². The normalized spacial score (nSPS) is 13.6. The lowest BCUT2D eigenvalue weighted by Crippen LogP contribution is -2.54. The third-order valence-electron chi connectivity index (χ3n) is 3.87. The van der Waals surface area contributed by atoms with Crippen molar-refractivity contribution in [1.82, 2.24) is 10.6 Å². The van der Waals surface area contributed by atoms with Crippen LogP contribution in [0.15, 0.2) is 4.99 Å². The highest BCUT2D eigenvalue weighted by Gasteiger charge is 2.28. The van der Waals surface area contributed by atoms with E-state index in [9.17, 15) is 24.3 Å². The van der Waals surface area contributed by atoms with E-state index >= 15 is 0 Å². The molecule has 0 aromatic rings. The Hall–Kier alpha value is -2.93. The van der Waals surface area contributed by atoms with Gasteiger partial charge < -0.3 is 43.8 Å². The van der Waals surface area contributed by atoms with E-state index in [1.165, 1.54) is 0 Å². The summed E-state index contributed by atoms with van der Waals surface area (Å²) in [5.74, 6) is -4.17. The number of carboxylic acid groups (broad SMARTS) is 2. The fourth-order valence-electron chi connectivity index (χ4n) is 2.35. The fraction of sp³-hybridized carbons (Fsp3) is 0.688. The molecule has 0 heterocycles. The van der Waals surface area contributed by atoms with E-state index in [1.807, 2.05) is 0 Å². The lowest BCUT2D eigenvalue weighted by atomic mass is 10.1. The molecule has 0 spiro atoms. The Kier molecular flexibility index (Phi) is 12.7. The lowest BCUT2D eigenvalue weighted by molar-refractivity contribution is -0.143. The molecule has 0 fully saturated rings. The lowest BCUT2D eigenvalue weighted by Gasteiger charge is -2.22. The quantitative estimate of drug-likeness (QED) is 0.0762. The molecule has 0 bridgehead atoms. The minimum Gasteiger partial charge on any atom is -0.481 e. The Bertz CT molecular complexity index is 594. The molecule has 29 heavy (non-hydrogen) atoms. The summed E-state index contributed by atoms with van der Waals surface area (Å²) in [5.41, 5.74) is 21.3. The highest BCUT2D eigenvalue weighted by molar-refractivity contribution is 5.92. The Morgan fingerprint density at radius 2 is 1.48 bits per heavy atom. The minimum absolute atomic E-state index is 0.0693. The Morgan fingerprint density at radius 1 is 0.897 bits per heavy atom. The molecule has 0 aromatic heterocycles. The number of amides is 2. The molecule has 3 atom stereocenters. The van der Waals surface area contributed by atoms with E-state index in [4.69, 9.17) is 28.0 Å². The summed E-state index contributed by atoms with van der Waals surface area (Å²) < 4.78 is 0. The zero-order valence-electron chi connectivity index (χ0n) is 16.2. The van der Waals surface area contributed by atoms with E-state index in [-0.39, 0.29) is 25.3 Å². The third-order valence-corrected chi connectivity index (χ3v) is 3.87. The summed E-state index contributed by atoms with van der Waals surface area (Å²) in [7, 11) is 0. The number of nitrogens with two attached hydrogens (primary N) is 4. The maximum absolute atomic E-state index is 12.5. The minimum atomic E-state index is -1.34. The van der Waals surface area contributed by atoms with Gasteiger partial charge in [-0.15, -0.1) is 0 Å². The van der Waals surface area contributed by atoms with E-state index < -0.39 is 48.3 Å². The number of hydrogen-bond donors (Lipinski definition) is 8. The van der Waals surface area contributed by atoms with Gasteiger partial charge >= 0.3 is 11.9 Å². The topological polar surface area (TPSA) is 249 Å². The van der Waals surface area contributed by atoms with Crippen molar-refractivity contribution < 1.29 is 29.4 Å². The van der Waals surface area contributed by atoms with Crippen molar-refractivity contribution in [2.75, 3.05) is 13.1 Å². The molecular weight excluding hydrogens is 386 g/mol. The van der Waals surface area contributed by atoms with Crippen LogP contribution < -0.4 is 33.6 Å². The molecule has 0 saturated carbocycles. The van der Waals surface area contributed by atoms with E-state index in [1.54, 1.807) is 0 Å². The number of aliphatic carboxylic acids is 2. The SMILES string of the molecule is NCCCCC(NC(=O)C(N)CC(=O)O)C(=O)NC(CCCN=C(N)N)C(=O)O. The predicted octanol–water partition coefficient (Wildman–Crippen LogP) is -2.97. The predicted molar refractivity (Wildman–Crippen MR) is 105 cm³/mol. The van der Waals surface area contributed by atoms with Crippen LogP contribution in [0.5, 0.6) is 0 Å². The van der Waals surface area contributed by atoms with Gasteiger partial charge in [-0.1, -0.05) is 0 Å². The molecular formula is C16H31N7O6. The number of carboxylic acids is 2. The van der Waals surface area contributed by atoms with Crippen molar-refractivity contribution in [3.05, 3.63) is 0 Å². The number of carbonyl (C=O) groups is 4. The third kappa shape index (κ3) is 12.2. The zero-order chi connectivity index (χ0) is 22.4. The van der Waals surface area contributed by atoms with Crippen molar-refractivity contribution in [3.63, 3.8) is 0 Å². The number of rotatable bonds is 15. The summed E-state index contributed by atoms with van der Waals surface area (Å²) in [5, 5.41) is 22.8. The van der Waals surface area contributed by atoms with Gasteiger partial charge in [0.2, 0.25) is 11.8 Å². The number of aliphatic imine (C=N–C) groups is 1. The van der Waals surface area contributed by atoms with Gasteiger partial charge in [0.05, 0.1) is 12.5 Å². The standard InChI is InChI=1S/C16H31N7O6/c17-6-2-1-4-10(22-13(26)9(18)8-12(24)25)14(27)23-11(15(28)29)5-3-7-21-16(19)20/h9-11H,1-8,17-18H2,(H,22,26)(H,23,27)(H,24,25)(H,28,29)(H4,19,20,21). The van der Waals surface area contributed by atoms with Gasteiger partial charge in [-0.3, -0.25) is 19.4 Å². The summed E-state index contributed by atoms with van der Waals surface area (Å²) in [4.78, 5) is 50.4. The smallest absolute Gasteiger partial charge is 0.326 e. The van der Waals surface area contributed by atoms with Gasteiger partial charge in [-0.2, -0.15) is 0 Å². The average molecular weight is 417 g/mol. The molecule has 2 amide bonds. The maximum atomic E-state index is 12.5. The molecule has 0 radical (unpaired) electrons. The molecule has 0 saturated heterocycles. The highest BCUT2D eigenvalue weighted by Crippen LogP contribution is 2.05. The van der Waals surface area contributed by atoms with Crippen LogP contribution >= 0.6 is 0 Å². The molecule has 0 aromatic carbocycles. The first-order valence-electron chi connectivity index (χ1n) is 9.14. The van der Waals surface area contributed by atoms with Crippen LogP contribution in [0.4, 0.5) is 0 Å². The number of carbonyl (C=O) groups excluding carboxylic acids is 2.